The zero-order valence-corrected chi connectivity index (χ0v) is 6.39. The van der Waals surface area contributed by atoms with E-state index in [1.807, 2.05) is 0 Å². The molecule has 0 aromatic carbocycles. The normalized spacial score (nSPS) is 30.3. The summed E-state index contributed by atoms with van der Waals surface area (Å²) in [7, 11) is 0. The minimum Gasteiger partial charge on any atom is -0.480 e. The van der Waals surface area contributed by atoms with Gasteiger partial charge in [0.05, 0.1) is 0 Å². The number of carboxylic acids is 1. The van der Waals surface area contributed by atoms with Gasteiger partial charge in [-0.15, -0.1) is 0 Å². The number of Topliss-reactive ketones (excluding diaryl/α,β-unsaturated/α-hetero) is 1. The molecule has 62 valence electrons. The lowest BCUT2D eigenvalue weighted by Crippen LogP contribution is -2.53. The van der Waals surface area contributed by atoms with E-state index in [1.54, 1.807) is 0 Å². The minimum absolute atomic E-state index is 0.303. The number of nitrogens with one attached hydrogen (secondary N) is 1. The first-order chi connectivity index (χ1) is 5.09. The van der Waals surface area contributed by atoms with Crippen LogP contribution in [0, 0.1) is 0 Å². The fourth-order valence-electron chi connectivity index (χ4n) is 1.38. The number of carboxylic acid groups (broad SMARTS) is 1. The summed E-state index contributed by atoms with van der Waals surface area (Å²) >= 11 is 0. The first-order valence-corrected chi connectivity index (χ1v) is 3.59. The maximum Gasteiger partial charge on any atom is 0.331 e. The van der Waals surface area contributed by atoms with Crippen LogP contribution in [0.5, 0.6) is 0 Å². The third-order valence-electron chi connectivity index (χ3n) is 2.12. The monoisotopic (exact) mass is 157 g/mol. The molecule has 1 aliphatic rings. The van der Waals surface area contributed by atoms with Crippen molar-refractivity contribution in [3.05, 3.63) is 0 Å². The molecule has 1 rings (SSSR count). The first kappa shape index (κ1) is 8.20. The summed E-state index contributed by atoms with van der Waals surface area (Å²) in [5.74, 6) is -1.36. The van der Waals surface area contributed by atoms with Crippen LogP contribution in [0.15, 0.2) is 0 Å². The zero-order valence-electron chi connectivity index (χ0n) is 6.39. The Morgan fingerprint density at radius 1 is 1.55 bits per heavy atom. The van der Waals surface area contributed by atoms with Crippen LogP contribution in [0.2, 0.25) is 0 Å². The summed E-state index contributed by atoms with van der Waals surface area (Å²) in [6, 6.07) is 0. The number of rotatable bonds is 2. The van der Waals surface area contributed by atoms with E-state index in [4.69, 9.17) is 5.11 Å². The summed E-state index contributed by atoms with van der Waals surface area (Å²) < 4.78 is 0. The molecule has 0 spiro atoms. The second kappa shape index (κ2) is 2.62. The standard InChI is InChI=1S/C7H11NO3/c1-5(9)7(6(10)11)3-2-4-8-7/h8H,2-4H2,1H3,(H,10,11). The molecule has 1 saturated heterocycles. The Morgan fingerprint density at radius 3 is 2.36 bits per heavy atom. The van der Waals surface area contributed by atoms with Crippen molar-refractivity contribution in [2.75, 3.05) is 6.54 Å². The molecular formula is C7H11NO3. The van der Waals surface area contributed by atoms with Crippen molar-refractivity contribution in [3.63, 3.8) is 0 Å². The summed E-state index contributed by atoms with van der Waals surface area (Å²) in [4.78, 5) is 21.6. The highest BCUT2D eigenvalue weighted by Crippen LogP contribution is 2.20. The lowest BCUT2D eigenvalue weighted by Gasteiger charge is -2.20. The van der Waals surface area contributed by atoms with E-state index in [1.165, 1.54) is 6.92 Å². The van der Waals surface area contributed by atoms with E-state index < -0.39 is 11.5 Å². The molecule has 4 heteroatoms. The molecule has 4 nitrogen and oxygen atoms in total. The SMILES string of the molecule is CC(=O)C1(C(=O)O)CCCN1. The molecule has 0 amide bonds. The maximum atomic E-state index is 11.0. The van der Waals surface area contributed by atoms with E-state index in [0.717, 1.165) is 6.42 Å². The molecule has 0 aliphatic carbocycles. The van der Waals surface area contributed by atoms with Crippen LogP contribution in [-0.2, 0) is 9.59 Å². The highest BCUT2D eigenvalue weighted by molar-refractivity contribution is 6.06. The largest absolute Gasteiger partial charge is 0.480 e. The molecule has 0 radical (unpaired) electrons. The molecule has 0 aromatic rings. The lowest BCUT2D eigenvalue weighted by atomic mass is 9.93. The predicted molar refractivity (Wildman–Crippen MR) is 38.3 cm³/mol. The predicted octanol–water partition coefficient (Wildman–Crippen LogP) is -0.218. The Hall–Kier alpha value is -0.900. The quantitative estimate of drug-likeness (QED) is 0.544. The molecule has 11 heavy (non-hydrogen) atoms. The molecule has 0 bridgehead atoms. The Bertz CT molecular complexity index is 178. The number of aliphatic carboxylic acids is 1. The summed E-state index contributed by atoms with van der Waals surface area (Å²) in [6.07, 6.45) is 1.17. The van der Waals surface area contributed by atoms with Gasteiger partial charge in [-0.3, -0.25) is 10.1 Å². The molecule has 1 fully saturated rings. The van der Waals surface area contributed by atoms with Crippen LogP contribution in [-0.4, -0.2) is 28.9 Å². The van der Waals surface area contributed by atoms with Crippen molar-refractivity contribution in [3.8, 4) is 0 Å². The minimum atomic E-state index is -1.28. The van der Waals surface area contributed by atoms with E-state index in [-0.39, 0.29) is 5.78 Å². The summed E-state index contributed by atoms with van der Waals surface area (Å²) in [6.45, 7) is 1.93. The van der Waals surface area contributed by atoms with E-state index in [0.29, 0.717) is 13.0 Å². The average molecular weight is 157 g/mol. The summed E-state index contributed by atoms with van der Waals surface area (Å²) in [5, 5.41) is 11.5. The van der Waals surface area contributed by atoms with Crippen LogP contribution in [0.25, 0.3) is 0 Å². The van der Waals surface area contributed by atoms with Crippen molar-refractivity contribution in [1.29, 1.82) is 0 Å². The molecule has 1 aliphatic heterocycles. The molecule has 1 heterocycles. The van der Waals surface area contributed by atoms with Gasteiger partial charge in [0, 0.05) is 0 Å². The Kier molecular flexibility index (Phi) is 1.95. The van der Waals surface area contributed by atoms with Gasteiger partial charge in [-0.05, 0) is 26.3 Å². The number of carbonyl (C=O) groups is 2. The molecular weight excluding hydrogens is 146 g/mol. The molecule has 2 N–H and O–H groups in total. The third kappa shape index (κ3) is 1.14. The molecule has 1 atom stereocenters. The third-order valence-corrected chi connectivity index (χ3v) is 2.12. The van der Waals surface area contributed by atoms with Crippen LogP contribution in [0.4, 0.5) is 0 Å². The van der Waals surface area contributed by atoms with Crippen molar-refractivity contribution in [1.82, 2.24) is 5.32 Å². The van der Waals surface area contributed by atoms with Gasteiger partial charge in [-0.2, -0.15) is 0 Å². The van der Waals surface area contributed by atoms with Gasteiger partial charge in [0.25, 0.3) is 0 Å². The average Bonchev–Trinajstić information content (AvgIpc) is 2.34. The van der Waals surface area contributed by atoms with Gasteiger partial charge in [-0.1, -0.05) is 0 Å². The van der Waals surface area contributed by atoms with Gasteiger partial charge in [0.2, 0.25) is 0 Å². The van der Waals surface area contributed by atoms with Crippen LogP contribution in [0.3, 0.4) is 0 Å². The Labute approximate surface area is 64.6 Å². The second-order valence-corrected chi connectivity index (χ2v) is 2.80. The number of hydrogen-bond donors (Lipinski definition) is 2. The topological polar surface area (TPSA) is 66.4 Å². The molecule has 1 unspecified atom stereocenters. The van der Waals surface area contributed by atoms with E-state index >= 15 is 0 Å². The van der Waals surface area contributed by atoms with Gasteiger partial charge < -0.3 is 5.11 Å². The van der Waals surface area contributed by atoms with Gasteiger partial charge in [0.15, 0.2) is 11.3 Å². The molecule has 0 saturated carbocycles. The fourth-order valence-corrected chi connectivity index (χ4v) is 1.38. The first-order valence-electron chi connectivity index (χ1n) is 3.59. The van der Waals surface area contributed by atoms with Crippen molar-refractivity contribution in [2.24, 2.45) is 0 Å². The smallest absolute Gasteiger partial charge is 0.331 e. The zero-order chi connectivity index (χ0) is 8.48. The highest BCUT2D eigenvalue weighted by atomic mass is 16.4. The Balaban J connectivity index is 2.87. The lowest BCUT2D eigenvalue weighted by molar-refractivity contribution is -0.148. The second-order valence-electron chi connectivity index (χ2n) is 2.80. The number of ketones is 1. The van der Waals surface area contributed by atoms with Crippen molar-refractivity contribution in [2.45, 2.75) is 25.3 Å². The Morgan fingerprint density at radius 2 is 2.18 bits per heavy atom. The van der Waals surface area contributed by atoms with Gasteiger partial charge in [-0.25, -0.2) is 4.79 Å². The van der Waals surface area contributed by atoms with Gasteiger partial charge in [0.1, 0.15) is 0 Å². The highest BCUT2D eigenvalue weighted by Gasteiger charge is 2.45. The van der Waals surface area contributed by atoms with Crippen LogP contribution < -0.4 is 5.32 Å². The van der Waals surface area contributed by atoms with E-state index in [2.05, 4.69) is 5.32 Å². The van der Waals surface area contributed by atoms with E-state index in [9.17, 15) is 9.59 Å². The molecule has 0 aromatic heterocycles. The number of carbonyl (C=O) groups excluding carboxylic acids is 1. The van der Waals surface area contributed by atoms with Crippen molar-refractivity contribution >= 4 is 11.8 Å². The van der Waals surface area contributed by atoms with Crippen LogP contribution >= 0.6 is 0 Å². The van der Waals surface area contributed by atoms with Crippen molar-refractivity contribution < 1.29 is 14.7 Å². The maximum absolute atomic E-state index is 11.0. The number of hydrogen-bond acceptors (Lipinski definition) is 3. The summed E-state index contributed by atoms with van der Waals surface area (Å²) in [5.41, 5.74) is -1.28. The van der Waals surface area contributed by atoms with Gasteiger partial charge >= 0.3 is 5.97 Å². The fraction of sp³-hybridized carbons (Fsp3) is 0.714. The van der Waals surface area contributed by atoms with Crippen LogP contribution in [0.1, 0.15) is 19.8 Å².